The summed E-state index contributed by atoms with van der Waals surface area (Å²) in [5.74, 6) is 0. The van der Waals surface area contributed by atoms with Gasteiger partial charge >= 0.3 is 8.60 Å². The van der Waals surface area contributed by atoms with Gasteiger partial charge in [0.05, 0.1) is 6.61 Å². The van der Waals surface area contributed by atoms with Gasteiger partial charge < -0.3 is 14.3 Å². The van der Waals surface area contributed by atoms with Crippen LogP contribution in [0, 0.1) is 5.41 Å². The number of hydrogen-bond acceptors (Lipinski definition) is 3. The van der Waals surface area contributed by atoms with Gasteiger partial charge in [-0.25, -0.2) is 0 Å². The van der Waals surface area contributed by atoms with Crippen LogP contribution >= 0.6 is 8.60 Å². The van der Waals surface area contributed by atoms with E-state index in [1.165, 1.54) is 0 Å². The van der Waals surface area contributed by atoms with Gasteiger partial charge in [-0.3, -0.25) is 0 Å². The highest BCUT2D eigenvalue weighted by Crippen LogP contribution is 2.35. The molecule has 0 fully saturated rings. The molecule has 2 N–H and O–H groups in total. The van der Waals surface area contributed by atoms with Crippen LogP contribution in [0.3, 0.4) is 0 Å². The van der Waals surface area contributed by atoms with Crippen molar-refractivity contribution in [3.8, 4) is 0 Å². The van der Waals surface area contributed by atoms with Crippen molar-refractivity contribution in [1.82, 2.24) is 0 Å². The van der Waals surface area contributed by atoms with Crippen LogP contribution in [0.1, 0.15) is 40.0 Å². The molecule has 0 amide bonds. The smallest absolute Gasteiger partial charge is 0.327 e. The van der Waals surface area contributed by atoms with Crippen LogP contribution in [0.25, 0.3) is 0 Å². The van der Waals surface area contributed by atoms with E-state index in [9.17, 15) is 0 Å². The molecule has 0 aromatic rings. The Morgan fingerprint density at radius 2 is 1.50 bits per heavy atom. The van der Waals surface area contributed by atoms with Crippen molar-refractivity contribution in [2.45, 2.75) is 40.0 Å². The van der Waals surface area contributed by atoms with E-state index in [-0.39, 0.29) is 5.41 Å². The lowest BCUT2D eigenvalue weighted by Gasteiger charge is -2.29. The average Bonchev–Trinajstić information content (AvgIpc) is 2.08. The van der Waals surface area contributed by atoms with Crippen LogP contribution in [0.2, 0.25) is 0 Å². The summed E-state index contributed by atoms with van der Waals surface area (Å²) < 4.78 is 4.86. The third-order valence-electron chi connectivity index (χ3n) is 2.74. The second-order valence-corrected chi connectivity index (χ2v) is 3.85. The monoisotopic (exact) mass is 194 g/mol. The van der Waals surface area contributed by atoms with Crippen molar-refractivity contribution in [2.75, 3.05) is 6.61 Å². The molecule has 0 aliphatic heterocycles. The van der Waals surface area contributed by atoms with Crippen molar-refractivity contribution in [2.24, 2.45) is 5.41 Å². The Bertz CT molecular complexity index is 105. The molecule has 12 heavy (non-hydrogen) atoms. The van der Waals surface area contributed by atoms with Gasteiger partial charge in [0.15, 0.2) is 0 Å². The van der Waals surface area contributed by atoms with Crippen molar-refractivity contribution in [3.05, 3.63) is 0 Å². The lowest BCUT2D eigenvalue weighted by atomic mass is 9.81. The van der Waals surface area contributed by atoms with E-state index in [0.29, 0.717) is 6.61 Å². The third kappa shape index (κ3) is 3.81. The molecular formula is C8H19O3P. The number of hydrogen-bond donors (Lipinski definition) is 2. The molecule has 0 saturated heterocycles. The zero-order valence-corrected chi connectivity index (χ0v) is 8.97. The molecule has 0 aromatic carbocycles. The van der Waals surface area contributed by atoms with E-state index in [4.69, 9.17) is 14.3 Å². The van der Waals surface area contributed by atoms with Crippen molar-refractivity contribution < 1.29 is 14.3 Å². The predicted molar refractivity (Wildman–Crippen MR) is 50.6 cm³/mol. The summed E-state index contributed by atoms with van der Waals surface area (Å²) in [6.07, 6.45) is 3.05. The average molecular weight is 194 g/mol. The summed E-state index contributed by atoms with van der Waals surface area (Å²) in [5, 5.41) is 0. The van der Waals surface area contributed by atoms with E-state index in [1.807, 2.05) is 0 Å². The van der Waals surface area contributed by atoms with Crippen molar-refractivity contribution in [1.29, 1.82) is 0 Å². The Morgan fingerprint density at radius 3 is 1.75 bits per heavy atom. The Kier molecular flexibility index (Phi) is 6.02. The largest absolute Gasteiger partial charge is 0.328 e. The van der Waals surface area contributed by atoms with Gasteiger partial charge in [0.25, 0.3) is 0 Å². The summed E-state index contributed by atoms with van der Waals surface area (Å²) in [5.41, 5.74) is 0.131. The van der Waals surface area contributed by atoms with E-state index in [0.717, 1.165) is 19.3 Å². The quantitative estimate of drug-likeness (QED) is 0.638. The molecule has 0 bridgehead atoms. The first-order valence-corrected chi connectivity index (χ1v) is 5.57. The summed E-state index contributed by atoms with van der Waals surface area (Å²) in [7, 11) is -2.18. The van der Waals surface area contributed by atoms with Gasteiger partial charge in [-0.05, 0) is 24.7 Å². The van der Waals surface area contributed by atoms with Gasteiger partial charge in [-0.1, -0.05) is 20.8 Å². The summed E-state index contributed by atoms with van der Waals surface area (Å²) in [6.45, 7) is 6.77. The fraction of sp³-hybridized carbons (Fsp3) is 1.00. The maximum Gasteiger partial charge on any atom is 0.327 e. The lowest BCUT2D eigenvalue weighted by molar-refractivity contribution is 0.114. The first-order valence-electron chi connectivity index (χ1n) is 4.41. The maximum atomic E-state index is 8.60. The molecule has 4 heteroatoms. The molecule has 3 nitrogen and oxygen atoms in total. The van der Waals surface area contributed by atoms with Gasteiger partial charge in [0.1, 0.15) is 0 Å². The highest BCUT2D eigenvalue weighted by atomic mass is 31.2. The van der Waals surface area contributed by atoms with Crippen LogP contribution in [-0.4, -0.2) is 16.4 Å². The fourth-order valence-corrected chi connectivity index (χ4v) is 1.64. The zero-order chi connectivity index (χ0) is 9.61. The first kappa shape index (κ1) is 12.3. The molecule has 0 saturated carbocycles. The second kappa shape index (κ2) is 5.87. The second-order valence-electron chi connectivity index (χ2n) is 3.09. The van der Waals surface area contributed by atoms with E-state index >= 15 is 0 Å². The minimum atomic E-state index is -2.18. The van der Waals surface area contributed by atoms with Gasteiger partial charge in [-0.15, -0.1) is 0 Å². The zero-order valence-electron chi connectivity index (χ0n) is 8.08. The number of rotatable bonds is 6. The topological polar surface area (TPSA) is 49.7 Å². The normalized spacial score (nSPS) is 12.5. The highest BCUT2D eigenvalue weighted by Gasteiger charge is 2.25. The van der Waals surface area contributed by atoms with E-state index < -0.39 is 8.60 Å². The summed E-state index contributed by atoms with van der Waals surface area (Å²) in [6, 6.07) is 0. The Labute approximate surface area is 75.8 Å². The Hall–Kier alpha value is 0.310. The van der Waals surface area contributed by atoms with E-state index in [1.54, 1.807) is 0 Å². The SMILES string of the molecule is CCC(CC)(CC)COP(O)O. The maximum absolute atomic E-state index is 8.60. The highest BCUT2D eigenvalue weighted by molar-refractivity contribution is 7.39. The standard InChI is InChI=1S/C8H19O3P/c1-4-8(5-2,6-3)7-11-12(9)10/h9-10H,4-7H2,1-3H3. The van der Waals surface area contributed by atoms with Crippen LogP contribution < -0.4 is 0 Å². The van der Waals surface area contributed by atoms with Crippen molar-refractivity contribution >= 4 is 8.60 Å². The molecule has 0 unspecified atom stereocenters. The van der Waals surface area contributed by atoms with Crippen LogP contribution in [0.5, 0.6) is 0 Å². The molecule has 0 heterocycles. The fourth-order valence-electron chi connectivity index (χ4n) is 1.25. The Morgan fingerprint density at radius 1 is 1.08 bits per heavy atom. The molecule has 0 aliphatic rings. The van der Waals surface area contributed by atoms with Gasteiger partial charge in [0.2, 0.25) is 0 Å². The minimum Gasteiger partial charge on any atom is -0.328 e. The summed E-state index contributed by atoms with van der Waals surface area (Å²) in [4.78, 5) is 17.2. The molecule has 0 aliphatic carbocycles. The van der Waals surface area contributed by atoms with Crippen LogP contribution in [0.15, 0.2) is 0 Å². The van der Waals surface area contributed by atoms with E-state index in [2.05, 4.69) is 20.8 Å². The minimum absolute atomic E-state index is 0.131. The summed E-state index contributed by atoms with van der Waals surface area (Å²) >= 11 is 0. The molecule has 0 radical (unpaired) electrons. The molecular weight excluding hydrogens is 175 g/mol. The molecule has 0 rings (SSSR count). The van der Waals surface area contributed by atoms with Crippen molar-refractivity contribution in [3.63, 3.8) is 0 Å². The molecule has 74 valence electrons. The van der Waals surface area contributed by atoms with Crippen LogP contribution in [-0.2, 0) is 4.52 Å². The molecule has 0 aromatic heterocycles. The molecule has 0 atom stereocenters. The predicted octanol–water partition coefficient (Wildman–Crippen LogP) is 2.43. The molecule has 0 spiro atoms. The Balaban J connectivity index is 3.93. The van der Waals surface area contributed by atoms with Gasteiger partial charge in [-0.2, -0.15) is 0 Å². The van der Waals surface area contributed by atoms with Gasteiger partial charge in [0, 0.05) is 0 Å². The first-order chi connectivity index (χ1) is 5.60. The van der Waals surface area contributed by atoms with Crippen LogP contribution in [0.4, 0.5) is 0 Å². The lowest BCUT2D eigenvalue weighted by Crippen LogP contribution is -2.23. The third-order valence-corrected chi connectivity index (χ3v) is 3.10.